The Morgan fingerprint density at radius 1 is 0.818 bits per heavy atom. The van der Waals surface area contributed by atoms with E-state index in [1.54, 1.807) is 4.68 Å². The lowest BCUT2D eigenvalue weighted by molar-refractivity contribution is 0.365. The highest BCUT2D eigenvalue weighted by Gasteiger charge is 2.23. The Bertz CT molecular complexity index is 1410. The fourth-order valence-electron chi connectivity index (χ4n) is 4.66. The predicted octanol–water partition coefficient (Wildman–Crippen LogP) is 2.86. The number of aromatic nitrogens is 2. The summed E-state index contributed by atoms with van der Waals surface area (Å²) in [6, 6.07) is 28.3. The van der Waals surface area contributed by atoms with Gasteiger partial charge in [-0.25, -0.2) is 4.68 Å². The van der Waals surface area contributed by atoms with Crippen molar-refractivity contribution >= 4 is 18.0 Å². The maximum Gasteiger partial charge on any atom is 0.281 e. The Balaban J connectivity index is 1.59. The average Bonchev–Trinajstić information content (AvgIpc) is 3.15. The maximum atomic E-state index is 13.6. The van der Waals surface area contributed by atoms with Crippen molar-refractivity contribution in [3.05, 3.63) is 117 Å². The molecule has 0 atom stereocenters. The van der Waals surface area contributed by atoms with Gasteiger partial charge in [0.1, 0.15) is 0 Å². The second kappa shape index (κ2) is 8.87. The highest BCUT2D eigenvalue weighted by molar-refractivity contribution is 5.64. The third-order valence-electron chi connectivity index (χ3n) is 6.32. The SMILES string of the molecule is C=c1[nH]n(-c2ccccc2)c(=O)/c1=C(/c1ccccc1)N1CCN(c2ccccc2C)CC1. The zero-order valence-corrected chi connectivity index (χ0v) is 18.9. The summed E-state index contributed by atoms with van der Waals surface area (Å²) in [4.78, 5) is 18.4. The number of hydrogen-bond donors (Lipinski definition) is 1. The van der Waals surface area contributed by atoms with E-state index in [1.165, 1.54) is 11.3 Å². The van der Waals surface area contributed by atoms with Crippen LogP contribution in [0.3, 0.4) is 0 Å². The van der Waals surface area contributed by atoms with Crippen molar-refractivity contribution in [2.24, 2.45) is 0 Å². The number of rotatable bonds is 4. The minimum Gasteiger partial charge on any atom is -0.368 e. The van der Waals surface area contributed by atoms with Gasteiger partial charge in [-0.05, 0) is 36.2 Å². The van der Waals surface area contributed by atoms with Crippen molar-refractivity contribution in [2.75, 3.05) is 31.1 Å². The number of hydrogen-bond acceptors (Lipinski definition) is 3. The molecule has 0 unspecified atom stereocenters. The quantitative estimate of drug-likeness (QED) is 0.535. The molecule has 0 amide bonds. The molecular weight excluding hydrogens is 408 g/mol. The molecule has 3 aromatic carbocycles. The first-order valence-electron chi connectivity index (χ1n) is 11.3. The lowest BCUT2D eigenvalue weighted by Gasteiger charge is -2.39. The number of aromatic amines is 1. The fourth-order valence-corrected chi connectivity index (χ4v) is 4.66. The minimum atomic E-state index is -0.0774. The van der Waals surface area contributed by atoms with Crippen LogP contribution in [-0.2, 0) is 0 Å². The molecule has 1 N–H and O–H groups in total. The molecule has 0 spiro atoms. The number of piperazine rings is 1. The predicted molar refractivity (Wildman–Crippen MR) is 135 cm³/mol. The first kappa shape index (κ1) is 20.9. The fraction of sp³-hybridized carbons (Fsp3) is 0.179. The number of aryl methyl sites for hydroxylation is 1. The Labute approximate surface area is 193 Å². The van der Waals surface area contributed by atoms with Crippen molar-refractivity contribution in [1.82, 2.24) is 14.7 Å². The summed E-state index contributed by atoms with van der Waals surface area (Å²) in [6.07, 6.45) is 0. The molecule has 166 valence electrons. The van der Waals surface area contributed by atoms with Gasteiger partial charge in [-0.2, -0.15) is 0 Å². The number of benzene rings is 3. The second-order valence-electron chi connectivity index (χ2n) is 8.42. The maximum absolute atomic E-state index is 13.6. The summed E-state index contributed by atoms with van der Waals surface area (Å²) in [5.74, 6) is 0. The highest BCUT2D eigenvalue weighted by Crippen LogP contribution is 2.23. The molecule has 1 fully saturated rings. The van der Waals surface area contributed by atoms with E-state index in [4.69, 9.17) is 0 Å². The Hall–Kier alpha value is -3.99. The largest absolute Gasteiger partial charge is 0.368 e. The smallest absolute Gasteiger partial charge is 0.281 e. The number of H-pyrrole nitrogens is 1. The van der Waals surface area contributed by atoms with Gasteiger partial charge in [0.05, 0.1) is 22.0 Å². The molecule has 0 radical (unpaired) electrons. The van der Waals surface area contributed by atoms with Crippen LogP contribution in [0.4, 0.5) is 5.69 Å². The van der Waals surface area contributed by atoms with E-state index >= 15 is 0 Å². The van der Waals surface area contributed by atoms with E-state index in [0.29, 0.717) is 10.6 Å². The van der Waals surface area contributed by atoms with Crippen LogP contribution >= 0.6 is 0 Å². The third kappa shape index (κ3) is 3.98. The third-order valence-corrected chi connectivity index (χ3v) is 6.32. The van der Waals surface area contributed by atoms with Crippen LogP contribution in [0.2, 0.25) is 0 Å². The minimum absolute atomic E-state index is 0.0774. The van der Waals surface area contributed by atoms with Crippen LogP contribution in [0.25, 0.3) is 18.0 Å². The molecule has 1 aliphatic heterocycles. The summed E-state index contributed by atoms with van der Waals surface area (Å²) < 4.78 is 1.59. The molecule has 1 aliphatic rings. The normalized spacial score (nSPS) is 14.9. The first-order chi connectivity index (χ1) is 16.1. The lowest BCUT2D eigenvalue weighted by Crippen LogP contribution is -2.49. The molecule has 0 saturated carbocycles. The molecule has 0 bridgehead atoms. The summed E-state index contributed by atoms with van der Waals surface area (Å²) in [7, 11) is 0. The topological polar surface area (TPSA) is 44.3 Å². The van der Waals surface area contributed by atoms with E-state index in [9.17, 15) is 4.79 Å². The van der Waals surface area contributed by atoms with Gasteiger partial charge in [0.15, 0.2) is 0 Å². The van der Waals surface area contributed by atoms with E-state index < -0.39 is 0 Å². The molecule has 5 rings (SSSR count). The Morgan fingerprint density at radius 3 is 2.09 bits per heavy atom. The lowest BCUT2D eigenvalue weighted by atomic mass is 10.1. The van der Waals surface area contributed by atoms with Gasteiger partial charge in [-0.3, -0.25) is 9.89 Å². The van der Waals surface area contributed by atoms with E-state index in [0.717, 1.165) is 43.1 Å². The summed E-state index contributed by atoms with van der Waals surface area (Å²) in [6.45, 7) is 9.81. The van der Waals surface area contributed by atoms with Crippen LogP contribution in [0.1, 0.15) is 11.1 Å². The molecule has 1 aromatic heterocycles. The number of nitrogens with zero attached hydrogens (tertiary/aromatic N) is 3. The first-order valence-corrected chi connectivity index (χ1v) is 11.3. The van der Waals surface area contributed by atoms with Crippen LogP contribution in [0.15, 0.2) is 89.7 Å². The van der Waals surface area contributed by atoms with Crippen LogP contribution in [-0.4, -0.2) is 40.9 Å². The van der Waals surface area contributed by atoms with Crippen molar-refractivity contribution in [2.45, 2.75) is 6.92 Å². The van der Waals surface area contributed by atoms with Crippen molar-refractivity contribution in [3.63, 3.8) is 0 Å². The molecule has 0 aliphatic carbocycles. The number of anilines is 1. The second-order valence-corrected chi connectivity index (χ2v) is 8.42. The summed E-state index contributed by atoms with van der Waals surface area (Å²) >= 11 is 0. The summed E-state index contributed by atoms with van der Waals surface area (Å²) in [5, 5.41) is 4.46. The van der Waals surface area contributed by atoms with Crippen molar-refractivity contribution in [1.29, 1.82) is 0 Å². The molecule has 4 aromatic rings. The van der Waals surface area contributed by atoms with Gasteiger partial charge >= 0.3 is 0 Å². The van der Waals surface area contributed by atoms with Crippen molar-refractivity contribution < 1.29 is 0 Å². The number of nitrogens with one attached hydrogen (secondary N) is 1. The van der Waals surface area contributed by atoms with Gasteiger partial charge in [-0.15, -0.1) is 0 Å². The van der Waals surface area contributed by atoms with Gasteiger partial charge in [-0.1, -0.05) is 73.3 Å². The number of para-hydroxylation sites is 2. The van der Waals surface area contributed by atoms with Gasteiger partial charge < -0.3 is 9.80 Å². The standard InChI is InChI=1S/C28H28N4O/c1-21-11-9-10-16-25(21)30-17-19-31(20-18-30)27(23-12-5-3-6-13-23)26-22(2)29-32(28(26)33)24-14-7-4-8-15-24/h3-16,29H,2,17-20H2,1H3/b27-26-. The Morgan fingerprint density at radius 2 is 1.42 bits per heavy atom. The van der Waals surface area contributed by atoms with Gasteiger partial charge in [0, 0.05) is 31.9 Å². The van der Waals surface area contributed by atoms with Crippen LogP contribution < -0.4 is 21.0 Å². The van der Waals surface area contributed by atoms with E-state index in [2.05, 4.69) is 64.8 Å². The van der Waals surface area contributed by atoms with Gasteiger partial charge in [0.25, 0.3) is 5.56 Å². The van der Waals surface area contributed by atoms with E-state index in [1.807, 2.05) is 48.5 Å². The molecule has 1 saturated heterocycles. The zero-order valence-electron chi connectivity index (χ0n) is 18.9. The molecule has 33 heavy (non-hydrogen) atoms. The van der Waals surface area contributed by atoms with E-state index in [-0.39, 0.29) is 5.56 Å². The zero-order chi connectivity index (χ0) is 22.8. The molecule has 5 heteroatoms. The molecule has 5 nitrogen and oxygen atoms in total. The molecular formula is C28H28N4O. The summed E-state index contributed by atoms with van der Waals surface area (Å²) in [5.41, 5.74) is 5.27. The Kier molecular flexibility index (Phi) is 5.61. The van der Waals surface area contributed by atoms with Gasteiger partial charge in [0.2, 0.25) is 0 Å². The van der Waals surface area contributed by atoms with Crippen LogP contribution in [0.5, 0.6) is 0 Å². The monoisotopic (exact) mass is 436 g/mol. The average molecular weight is 437 g/mol. The van der Waals surface area contributed by atoms with Crippen LogP contribution in [0, 0.1) is 6.92 Å². The molecule has 2 heterocycles. The van der Waals surface area contributed by atoms with Crippen molar-refractivity contribution in [3.8, 4) is 5.69 Å². The highest BCUT2D eigenvalue weighted by atomic mass is 16.1.